The van der Waals surface area contributed by atoms with E-state index in [-0.39, 0.29) is 23.7 Å². The van der Waals surface area contributed by atoms with E-state index in [1.54, 1.807) is 12.1 Å². The first-order chi connectivity index (χ1) is 19.5. The second-order valence-electron chi connectivity index (χ2n) is 11.2. The summed E-state index contributed by atoms with van der Waals surface area (Å²) >= 11 is 0. The fraction of sp³-hybridized carbons (Fsp3) is 0.364. The van der Waals surface area contributed by atoms with Gasteiger partial charge >= 0.3 is 12.1 Å². The number of aryl methyl sites for hydroxylation is 1. The molecule has 3 aromatic rings. The first kappa shape index (κ1) is 29.0. The minimum absolute atomic E-state index is 0.0662. The summed E-state index contributed by atoms with van der Waals surface area (Å²) in [6.07, 6.45) is -2.38. The molecule has 0 aromatic heterocycles. The monoisotopic (exact) mass is 569 g/mol. The summed E-state index contributed by atoms with van der Waals surface area (Å²) in [6, 6.07) is 15.4. The van der Waals surface area contributed by atoms with Gasteiger partial charge in [0.05, 0.1) is 17.8 Å². The SMILES string of the molecule is CC1CCc2cc(C(=O)O)ccc2C(c2ccc(CC3CN(CCCF)C3)cc2)=C1c1ccc(F)cc1C(F)(F)F. The van der Waals surface area contributed by atoms with Gasteiger partial charge in [-0.1, -0.05) is 43.3 Å². The molecule has 0 bridgehead atoms. The van der Waals surface area contributed by atoms with Gasteiger partial charge in [-0.2, -0.15) is 13.2 Å². The van der Waals surface area contributed by atoms with Crippen LogP contribution in [0.2, 0.25) is 0 Å². The van der Waals surface area contributed by atoms with Crippen LogP contribution < -0.4 is 0 Å². The van der Waals surface area contributed by atoms with Crippen molar-refractivity contribution < 1.29 is 31.9 Å². The Bertz CT molecular complexity index is 1460. The number of benzene rings is 3. The third-order valence-electron chi connectivity index (χ3n) is 8.22. The first-order valence-corrected chi connectivity index (χ1v) is 13.9. The smallest absolute Gasteiger partial charge is 0.417 e. The molecule has 0 spiro atoms. The van der Waals surface area contributed by atoms with Gasteiger partial charge in [0.2, 0.25) is 0 Å². The van der Waals surface area contributed by atoms with Gasteiger partial charge in [0.15, 0.2) is 0 Å². The van der Waals surface area contributed by atoms with E-state index in [4.69, 9.17) is 0 Å². The van der Waals surface area contributed by atoms with Crippen LogP contribution in [0.5, 0.6) is 0 Å². The minimum Gasteiger partial charge on any atom is -0.478 e. The number of rotatable bonds is 8. The highest BCUT2D eigenvalue weighted by Gasteiger charge is 2.37. The number of nitrogens with zero attached hydrogens (tertiary/aromatic N) is 1. The lowest BCUT2D eigenvalue weighted by molar-refractivity contribution is -0.138. The highest BCUT2D eigenvalue weighted by molar-refractivity contribution is 6.01. The molecule has 3 nitrogen and oxygen atoms in total. The van der Waals surface area contributed by atoms with Crippen LogP contribution in [-0.4, -0.2) is 42.3 Å². The van der Waals surface area contributed by atoms with E-state index in [1.165, 1.54) is 12.1 Å². The average molecular weight is 570 g/mol. The molecule has 0 amide bonds. The molecule has 1 N–H and O–H groups in total. The molecule has 1 saturated heterocycles. The molecule has 2 aliphatic rings. The highest BCUT2D eigenvalue weighted by Crippen LogP contribution is 2.46. The maximum Gasteiger partial charge on any atom is 0.417 e. The van der Waals surface area contributed by atoms with Crippen molar-refractivity contribution in [2.45, 2.75) is 38.8 Å². The summed E-state index contributed by atoms with van der Waals surface area (Å²) in [4.78, 5) is 13.9. The van der Waals surface area contributed by atoms with Crippen molar-refractivity contribution in [3.8, 4) is 0 Å². The van der Waals surface area contributed by atoms with Gasteiger partial charge in [-0.15, -0.1) is 0 Å². The molecule has 8 heteroatoms. The Balaban J connectivity index is 1.60. The van der Waals surface area contributed by atoms with Crippen molar-refractivity contribution in [2.75, 3.05) is 26.3 Å². The Morgan fingerprint density at radius 1 is 1.00 bits per heavy atom. The molecule has 1 aliphatic carbocycles. The fourth-order valence-corrected chi connectivity index (χ4v) is 6.20. The molecular formula is C33H32F5NO2. The Morgan fingerprint density at radius 2 is 1.71 bits per heavy atom. The summed E-state index contributed by atoms with van der Waals surface area (Å²) in [5.74, 6) is -1.88. The van der Waals surface area contributed by atoms with Crippen molar-refractivity contribution in [2.24, 2.45) is 11.8 Å². The van der Waals surface area contributed by atoms with Crippen molar-refractivity contribution in [3.63, 3.8) is 0 Å². The van der Waals surface area contributed by atoms with Gasteiger partial charge in [0.25, 0.3) is 0 Å². The minimum atomic E-state index is -4.76. The molecule has 1 aliphatic heterocycles. The second-order valence-corrected chi connectivity index (χ2v) is 11.2. The van der Waals surface area contributed by atoms with E-state index >= 15 is 0 Å². The van der Waals surface area contributed by atoms with Crippen LogP contribution in [0.1, 0.15) is 63.5 Å². The van der Waals surface area contributed by atoms with Crippen molar-refractivity contribution in [1.29, 1.82) is 0 Å². The number of allylic oxidation sites excluding steroid dienone is 1. The Hall–Kier alpha value is -3.52. The zero-order chi connectivity index (χ0) is 29.3. The number of alkyl halides is 4. The van der Waals surface area contributed by atoms with Gasteiger partial charge in [0, 0.05) is 19.6 Å². The molecule has 0 radical (unpaired) electrons. The summed E-state index contributed by atoms with van der Waals surface area (Å²) in [5.41, 5.74) is 3.36. The number of halogens is 5. The number of carboxylic acids is 1. The molecule has 41 heavy (non-hydrogen) atoms. The molecule has 1 atom stereocenters. The number of aromatic carboxylic acids is 1. The molecule has 0 saturated carbocycles. The van der Waals surface area contributed by atoms with E-state index in [2.05, 4.69) is 4.90 Å². The van der Waals surface area contributed by atoms with Crippen LogP contribution in [0, 0.1) is 17.7 Å². The lowest BCUT2D eigenvalue weighted by Crippen LogP contribution is -2.47. The van der Waals surface area contributed by atoms with Crippen molar-refractivity contribution >= 4 is 17.1 Å². The summed E-state index contributed by atoms with van der Waals surface area (Å²) in [5, 5.41) is 9.57. The van der Waals surface area contributed by atoms with Crippen molar-refractivity contribution in [3.05, 3.63) is 105 Å². The van der Waals surface area contributed by atoms with E-state index in [0.29, 0.717) is 48.0 Å². The number of fused-ring (bicyclic) bond motifs is 1. The number of hydrogen-bond donors (Lipinski definition) is 1. The third kappa shape index (κ3) is 6.22. The molecular weight excluding hydrogens is 537 g/mol. The molecule has 5 rings (SSSR count). The second kappa shape index (κ2) is 11.8. The van der Waals surface area contributed by atoms with Gasteiger partial charge in [-0.25, -0.2) is 9.18 Å². The van der Waals surface area contributed by atoms with Crippen LogP contribution in [-0.2, 0) is 19.0 Å². The maximum atomic E-state index is 14.2. The predicted molar refractivity (Wildman–Crippen MR) is 149 cm³/mol. The standard InChI is InChI=1S/C33H32F5NO2/c1-20-3-6-24-16-25(32(40)41)9-11-27(24)31(30(20)28-12-10-26(35)17-29(28)33(36,37)38)23-7-4-21(5-8-23)15-22-18-39(19-22)14-2-13-34/h4-5,7-12,16-17,20,22H,2-3,6,13-15,18-19H2,1H3,(H,40,41). The largest absolute Gasteiger partial charge is 0.478 e. The summed E-state index contributed by atoms with van der Waals surface area (Å²) in [6.45, 7) is 4.13. The molecule has 3 aromatic carbocycles. The maximum absolute atomic E-state index is 14.2. The number of carboxylic acid groups (broad SMARTS) is 1. The van der Waals surface area contributed by atoms with Crippen molar-refractivity contribution in [1.82, 2.24) is 4.90 Å². The van der Waals surface area contributed by atoms with Gasteiger partial charge in [-0.05, 0) is 101 Å². The predicted octanol–water partition coefficient (Wildman–Crippen LogP) is 7.92. The highest BCUT2D eigenvalue weighted by atomic mass is 19.4. The zero-order valence-electron chi connectivity index (χ0n) is 22.8. The van der Waals surface area contributed by atoms with E-state index in [9.17, 15) is 31.9 Å². The Kier molecular flexibility index (Phi) is 8.32. The lowest BCUT2D eigenvalue weighted by Gasteiger charge is -2.39. The van der Waals surface area contributed by atoms with Crippen LogP contribution in [0.3, 0.4) is 0 Å². The van der Waals surface area contributed by atoms with Gasteiger partial charge in [-0.3, -0.25) is 4.39 Å². The number of hydrogen-bond acceptors (Lipinski definition) is 2. The van der Waals surface area contributed by atoms with E-state index in [1.807, 2.05) is 31.2 Å². The van der Waals surface area contributed by atoms with E-state index in [0.717, 1.165) is 48.8 Å². The summed E-state index contributed by atoms with van der Waals surface area (Å²) in [7, 11) is 0. The molecule has 1 unspecified atom stereocenters. The van der Waals surface area contributed by atoms with E-state index < -0.39 is 23.5 Å². The van der Waals surface area contributed by atoms with Crippen LogP contribution >= 0.6 is 0 Å². The molecule has 1 fully saturated rings. The zero-order valence-corrected chi connectivity index (χ0v) is 22.8. The topological polar surface area (TPSA) is 40.5 Å². The third-order valence-corrected chi connectivity index (χ3v) is 8.22. The van der Waals surface area contributed by atoms with Gasteiger partial charge in [0.1, 0.15) is 5.82 Å². The Morgan fingerprint density at radius 3 is 2.37 bits per heavy atom. The fourth-order valence-electron chi connectivity index (χ4n) is 6.20. The van der Waals surface area contributed by atoms with Crippen LogP contribution in [0.4, 0.5) is 22.0 Å². The summed E-state index contributed by atoms with van der Waals surface area (Å²) < 4.78 is 69.2. The van der Waals surface area contributed by atoms with Crippen LogP contribution in [0.15, 0.2) is 60.7 Å². The van der Waals surface area contributed by atoms with Crippen LogP contribution in [0.25, 0.3) is 11.1 Å². The normalized spacial score (nSPS) is 18.1. The number of likely N-dealkylation sites (tertiary alicyclic amines) is 1. The number of carbonyl (C=O) groups is 1. The lowest BCUT2D eigenvalue weighted by atomic mass is 9.81. The molecule has 1 heterocycles. The van der Waals surface area contributed by atoms with Gasteiger partial charge < -0.3 is 10.0 Å². The average Bonchev–Trinajstić information content (AvgIpc) is 3.05. The molecule has 216 valence electrons. The first-order valence-electron chi connectivity index (χ1n) is 13.9. The Labute approximate surface area is 236 Å². The quantitative estimate of drug-likeness (QED) is 0.280.